The number of anilines is 1. The third-order valence-corrected chi connectivity index (χ3v) is 6.28. The third kappa shape index (κ3) is 4.83. The second-order valence-corrected chi connectivity index (χ2v) is 8.76. The highest BCUT2D eigenvalue weighted by molar-refractivity contribution is 5.95. The van der Waals surface area contributed by atoms with E-state index in [0.29, 0.717) is 35.1 Å². The van der Waals surface area contributed by atoms with Crippen LogP contribution in [0.5, 0.6) is 11.5 Å². The van der Waals surface area contributed by atoms with Gasteiger partial charge in [-0.05, 0) is 66.4 Å². The first kappa shape index (κ1) is 24.7. The van der Waals surface area contributed by atoms with Gasteiger partial charge in [0.1, 0.15) is 11.9 Å². The van der Waals surface area contributed by atoms with Crippen LogP contribution in [-0.2, 0) is 13.0 Å². The lowest BCUT2D eigenvalue weighted by Gasteiger charge is -2.24. The summed E-state index contributed by atoms with van der Waals surface area (Å²) in [6.45, 7) is 0.700. The van der Waals surface area contributed by atoms with E-state index < -0.39 is 11.7 Å². The van der Waals surface area contributed by atoms with Crippen LogP contribution in [0, 0.1) is 10.9 Å². The van der Waals surface area contributed by atoms with Gasteiger partial charge in [-0.25, -0.2) is 15.3 Å². The molecule has 6 N–H and O–H groups in total. The zero-order valence-corrected chi connectivity index (χ0v) is 20.7. The van der Waals surface area contributed by atoms with E-state index in [1.807, 2.05) is 24.3 Å². The number of fused-ring (bicyclic) bond motifs is 1. The number of amidine groups is 1. The lowest BCUT2D eigenvalue weighted by molar-refractivity contribution is 0.269. The molecule has 12 heteroatoms. The number of H-pyrrole nitrogens is 1. The molecule has 0 fully saturated rings. The Morgan fingerprint density at radius 3 is 2.87 bits per heavy atom. The van der Waals surface area contributed by atoms with Crippen molar-refractivity contribution in [1.29, 1.82) is 10.9 Å². The highest BCUT2D eigenvalue weighted by Gasteiger charge is 2.25. The fourth-order valence-electron chi connectivity index (χ4n) is 4.45. The Morgan fingerprint density at radius 2 is 2.13 bits per heavy atom. The minimum Gasteiger partial charge on any atom is -0.493 e. The zero-order valence-electron chi connectivity index (χ0n) is 20.7. The first-order chi connectivity index (χ1) is 18.5. The predicted molar refractivity (Wildman–Crippen MR) is 141 cm³/mol. The van der Waals surface area contributed by atoms with Gasteiger partial charge in [-0.1, -0.05) is 6.07 Å². The predicted octanol–water partition coefficient (Wildman–Crippen LogP) is 3.31. The van der Waals surface area contributed by atoms with Crippen LogP contribution in [0.15, 0.2) is 64.6 Å². The van der Waals surface area contributed by atoms with Crippen molar-refractivity contribution in [1.82, 2.24) is 19.7 Å². The maximum Gasteiger partial charge on any atom is 0.349 e. The van der Waals surface area contributed by atoms with Crippen LogP contribution in [0.4, 0.5) is 5.69 Å². The quantitative estimate of drug-likeness (QED) is 0.129. The molecule has 38 heavy (non-hydrogen) atoms. The van der Waals surface area contributed by atoms with Gasteiger partial charge in [0.25, 0.3) is 0 Å². The normalized spacial score (nSPS) is 13.2. The van der Waals surface area contributed by atoms with Gasteiger partial charge >= 0.3 is 5.69 Å². The van der Waals surface area contributed by atoms with Crippen molar-refractivity contribution in [3.8, 4) is 17.3 Å². The highest BCUT2D eigenvalue weighted by atomic mass is 16.5. The number of rotatable bonds is 9. The van der Waals surface area contributed by atoms with Gasteiger partial charge in [0.2, 0.25) is 0 Å². The van der Waals surface area contributed by atoms with E-state index in [2.05, 4.69) is 25.5 Å². The summed E-state index contributed by atoms with van der Waals surface area (Å²) < 4.78 is 12.7. The van der Waals surface area contributed by atoms with Gasteiger partial charge in [-0.3, -0.25) is 10.4 Å². The Bertz CT molecular complexity index is 1530. The molecule has 0 bridgehead atoms. The minimum absolute atomic E-state index is 0.0267. The van der Waals surface area contributed by atoms with Crippen LogP contribution in [-0.4, -0.2) is 39.3 Å². The Balaban J connectivity index is 1.62. The van der Waals surface area contributed by atoms with Crippen molar-refractivity contribution in [3.05, 3.63) is 93.3 Å². The van der Waals surface area contributed by atoms with E-state index in [1.165, 1.54) is 4.68 Å². The van der Waals surface area contributed by atoms with Gasteiger partial charge in [0.05, 0.1) is 20.3 Å². The van der Waals surface area contributed by atoms with Crippen LogP contribution in [0.25, 0.3) is 5.82 Å². The van der Waals surface area contributed by atoms with Gasteiger partial charge in [-0.2, -0.15) is 9.80 Å². The monoisotopic (exact) mass is 513 g/mol. The number of aromatic amines is 1. The molecule has 5 rings (SSSR count). The van der Waals surface area contributed by atoms with E-state index in [4.69, 9.17) is 26.1 Å². The summed E-state index contributed by atoms with van der Waals surface area (Å²) in [7, 11) is 1.59. The number of aryl methyl sites for hydroxylation is 1. The fraction of sp³-hybridized carbons (Fsp3) is 0.231. The summed E-state index contributed by atoms with van der Waals surface area (Å²) in [5.41, 5.74) is 16.1. The lowest BCUT2D eigenvalue weighted by Crippen LogP contribution is -2.18. The molecular weight excluding hydrogens is 486 g/mol. The summed E-state index contributed by atoms with van der Waals surface area (Å²) in [6.07, 6.45) is 3.28. The minimum atomic E-state index is -0.582. The Kier molecular flexibility index (Phi) is 6.85. The molecule has 2 aromatic heterocycles. The molecule has 0 radical (unpaired) electrons. The first-order valence-electron chi connectivity index (χ1n) is 12.0. The maximum atomic E-state index is 13.1. The van der Waals surface area contributed by atoms with E-state index >= 15 is 0 Å². The van der Waals surface area contributed by atoms with Crippen LogP contribution < -0.4 is 26.2 Å². The lowest BCUT2D eigenvalue weighted by atomic mass is 9.97. The molecule has 4 aromatic rings. The molecule has 0 saturated heterocycles. The molecule has 12 nitrogen and oxygen atoms in total. The number of nitrogens with two attached hydrogens (primary N) is 1. The summed E-state index contributed by atoms with van der Waals surface area (Å²) in [5.74, 6) is 1.95. The van der Waals surface area contributed by atoms with Crippen molar-refractivity contribution < 1.29 is 9.47 Å². The van der Waals surface area contributed by atoms with E-state index in [9.17, 15) is 4.79 Å². The molecule has 0 amide bonds. The van der Waals surface area contributed by atoms with Crippen LogP contribution >= 0.6 is 0 Å². The van der Waals surface area contributed by atoms with E-state index in [1.54, 1.807) is 37.6 Å². The second-order valence-electron chi connectivity index (χ2n) is 8.76. The van der Waals surface area contributed by atoms with Crippen molar-refractivity contribution in [2.45, 2.75) is 25.4 Å². The number of hydrogen-bond donors (Lipinski definition) is 5. The first-order valence-corrected chi connectivity index (χ1v) is 12.0. The molecular formula is C26H27N9O3. The summed E-state index contributed by atoms with van der Waals surface area (Å²) >= 11 is 0. The average Bonchev–Trinajstić information content (AvgIpc) is 3.32. The van der Waals surface area contributed by atoms with Gasteiger partial charge in [0.15, 0.2) is 23.1 Å². The topological polar surface area (TPSA) is 180 Å². The van der Waals surface area contributed by atoms with Gasteiger partial charge in [-0.15, -0.1) is 5.10 Å². The molecule has 2 aromatic carbocycles. The SMILES string of the molecule is COc1cc(C(Nc2ccc(C(=N)N)cc2)c2nn(-c3ncccc3CN=N)c(=O)[nH]2)cc2c1OCCC2. The molecule has 1 aliphatic heterocycles. The number of nitrogens with one attached hydrogen (secondary N) is 4. The average molecular weight is 514 g/mol. The van der Waals surface area contributed by atoms with Crippen molar-refractivity contribution in [3.63, 3.8) is 0 Å². The summed E-state index contributed by atoms with van der Waals surface area (Å²) in [4.78, 5) is 20.3. The fourth-order valence-corrected chi connectivity index (χ4v) is 4.45. The van der Waals surface area contributed by atoms with Crippen molar-refractivity contribution >= 4 is 11.5 Å². The number of benzene rings is 2. The molecule has 0 aliphatic carbocycles. The van der Waals surface area contributed by atoms with Gasteiger partial charge < -0.3 is 20.5 Å². The molecule has 1 atom stereocenters. The molecule has 0 spiro atoms. The third-order valence-electron chi connectivity index (χ3n) is 6.28. The van der Waals surface area contributed by atoms with E-state index in [-0.39, 0.29) is 12.4 Å². The second kappa shape index (κ2) is 10.5. The Hall–Kier alpha value is -5.00. The molecule has 3 heterocycles. The smallest absolute Gasteiger partial charge is 0.349 e. The van der Waals surface area contributed by atoms with Crippen LogP contribution in [0.2, 0.25) is 0 Å². The van der Waals surface area contributed by atoms with Crippen LogP contribution in [0.3, 0.4) is 0 Å². The summed E-state index contributed by atoms with van der Waals surface area (Å²) in [5, 5.41) is 19.1. The Labute approximate surface area is 217 Å². The Morgan fingerprint density at radius 1 is 1.32 bits per heavy atom. The number of hydrogen-bond acceptors (Lipinski definition) is 9. The number of nitrogen functional groups attached to an aromatic ring is 1. The van der Waals surface area contributed by atoms with E-state index in [0.717, 1.165) is 35.4 Å². The molecule has 1 unspecified atom stereocenters. The summed E-state index contributed by atoms with van der Waals surface area (Å²) in [6, 6.07) is 13.9. The van der Waals surface area contributed by atoms with Gasteiger partial charge in [0, 0.05) is 23.0 Å². The van der Waals surface area contributed by atoms with Crippen LogP contribution in [0.1, 0.15) is 40.5 Å². The number of pyridine rings is 1. The largest absolute Gasteiger partial charge is 0.493 e. The zero-order chi connectivity index (χ0) is 26.6. The van der Waals surface area contributed by atoms with Crippen molar-refractivity contribution in [2.75, 3.05) is 19.0 Å². The number of nitrogens with zero attached hydrogens (tertiary/aromatic N) is 4. The standard InChI is InChI=1S/C26H27N9O3/c1-37-20-13-18(12-16-5-3-11-38-22(16)20)21(32-19-8-6-15(7-9-19)23(27)28)24-33-26(36)35(34-24)25-17(14-31-29)4-2-10-30-25/h2,4,6-10,12-13,21,29,32H,3,5,11,14H2,1H3,(H3,27,28)(H,33,34,36). The highest BCUT2D eigenvalue weighted by Crippen LogP contribution is 2.39. The number of methoxy groups -OCH3 is 1. The molecule has 1 aliphatic rings. The maximum absolute atomic E-state index is 13.1. The molecule has 194 valence electrons. The number of ether oxygens (including phenoxy) is 2. The van der Waals surface area contributed by atoms with Crippen molar-refractivity contribution in [2.24, 2.45) is 10.8 Å². The molecule has 0 saturated carbocycles. The number of aromatic nitrogens is 4.